The van der Waals surface area contributed by atoms with Gasteiger partial charge in [0.2, 0.25) is 5.95 Å². The Morgan fingerprint density at radius 2 is 1.57 bits per heavy atom. The lowest BCUT2D eigenvalue weighted by Crippen LogP contribution is -2.47. The maximum Gasteiger partial charge on any atom is 0.225 e. The topological polar surface area (TPSA) is 58.0 Å². The molecular formula is C16H15ClN6. The van der Waals surface area contributed by atoms with Crippen LogP contribution in [-0.2, 0) is 0 Å². The van der Waals surface area contributed by atoms with E-state index in [-0.39, 0.29) is 0 Å². The summed E-state index contributed by atoms with van der Waals surface area (Å²) in [5.74, 6) is 1.67. The number of halogens is 1. The molecule has 0 unspecified atom stereocenters. The molecule has 4 rings (SSSR count). The number of hydrogen-bond donors (Lipinski definition) is 0. The first-order valence-electron chi connectivity index (χ1n) is 7.49. The zero-order chi connectivity index (χ0) is 15.6. The van der Waals surface area contributed by atoms with Gasteiger partial charge in [0.1, 0.15) is 11.0 Å². The van der Waals surface area contributed by atoms with Gasteiger partial charge in [0.15, 0.2) is 0 Å². The lowest BCUT2D eigenvalue weighted by molar-refractivity contribution is 0.636. The zero-order valence-electron chi connectivity index (χ0n) is 12.4. The van der Waals surface area contributed by atoms with E-state index < -0.39 is 0 Å². The molecule has 1 aliphatic heterocycles. The van der Waals surface area contributed by atoms with E-state index in [0.717, 1.165) is 48.8 Å². The summed E-state index contributed by atoms with van der Waals surface area (Å²) in [4.78, 5) is 22.0. The van der Waals surface area contributed by atoms with Gasteiger partial charge in [-0.1, -0.05) is 11.6 Å². The van der Waals surface area contributed by atoms with Gasteiger partial charge in [-0.3, -0.25) is 4.98 Å². The van der Waals surface area contributed by atoms with E-state index in [2.05, 4.69) is 29.7 Å². The molecule has 0 bridgehead atoms. The highest BCUT2D eigenvalue weighted by atomic mass is 35.5. The summed E-state index contributed by atoms with van der Waals surface area (Å²) in [5, 5.41) is 1.50. The Balaban J connectivity index is 1.59. The Hall–Kier alpha value is -2.47. The van der Waals surface area contributed by atoms with Crippen molar-refractivity contribution in [3.05, 3.63) is 48.0 Å². The molecule has 0 amide bonds. The molecule has 1 saturated heterocycles. The van der Waals surface area contributed by atoms with Gasteiger partial charge in [0.05, 0.1) is 5.52 Å². The standard InChI is InChI=1S/C16H15ClN6/c17-14-11-13-12(3-1-4-18-13)15(21-14)22-7-9-23(10-8-22)16-19-5-2-6-20-16/h1-6,11H,7-10H2. The van der Waals surface area contributed by atoms with Crippen LogP contribution in [-0.4, -0.2) is 46.1 Å². The smallest absolute Gasteiger partial charge is 0.225 e. The van der Waals surface area contributed by atoms with E-state index >= 15 is 0 Å². The van der Waals surface area contributed by atoms with Gasteiger partial charge >= 0.3 is 0 Å². The third-order valence-corrected chi connectivity index (χ3v) is 4.16. The van der Waals surface area contributed by atoms with E-state index in [9.17, 15) is 0 Å². The van der Waals surface area contributed by atoms with Crippen molar-refractivity contribution in [2.24, 2.45) is 0 Å². The van der Waals surface area contributed by atoms with Crippen molar-refractivity contribution in [1.29, 1.82) is 0 Å². The Morgan fingerprint density at radius 1 is 0.870 bits per heavy atom. The highest BCUT2D eigenvalue weighted by molar-refractivity contribution is 6.30. The highest BCUT2D eigenvalue weighted by Crippen LogP contribution is 2.27. The van der Waals surface area contributed by atoms with Gasteiger partial charge in [-0.15, -0.1) is 0 Å². The van der Waals surface area contributed by atoms with Crippen LogP contribution in [0.4, 0.5) is 11.8 Å². The Kier molecular flexibility index (Phi) is 3.67. The van der Waals surface area contributed by atoms with Crippen molar-refractivity contribution in [1.82, 2.24) is 19.9 Å². The van der Waals surface area contributed by atoms with Crippen molar-refractivity contribution in [3.63, 3.8) is 0 Å². The van der Waals surface area contributed by atoms with Crippen molar-refractivity contribution < 1.29 is 0 Å². The summed E-state index contributed by atoms with van der Waals surface area (Å²) in [6, 6.07) is 7.59. The average Bonchev–Trinajstić information content (AvgIpc) is 2.62. The second-order valence-electron chi connectivity index (χ2n) is 5.36. The molecule has 0 saturated carbocycles. The molecule has 0 spiro atoms. The van der Waals surface area contributed by atoms with Crippen LogP contribution in [0.3, 0.4) is 0 Å². The molecule has 1 fully saturated rings. The molecule has 0 aliphatic carbocycles. The summed E-state index contributed by atoms with van der Waals surface area (Å²) >= 11 is 6.16. The fourth-order valence-electron chi connectivity index (χ4n) is 2.84. The lowest BCUT2D eigenvalue weighted by atomic mass is 10.2. The predicted molar refractivity (Wildman–Crippen MR) is 91.0 cm³/mol. The normalized spacial score (nSPS) is 15.2. The van der Waals surface area contributed by atoms with Crippen molar-refractivity contribution in [2.45, 2.75) is 0 Å². The second kappa shape index (κ2) is 5.96. The molecule has 116 valence electrons. The zero-order valence-corrected chi connectivity index (χ0v) is 13.2. The number of rotatable bonds is 2. The largest absolute Gasteiger partial charge is 0.352 e. The van der Waals surface area contributed by atoms with Crippen molar-refractivity contribution >= 4 is 34.3 Å². The average molecular weight is 327 g/mol. The monoisotopic (exact) mass is 326 g/mol. The Labute approximate surface area is 138 Å². The Bertz CT molecular complexity index is 817. The first-order chi connectivity index (χ1) is 11.3. The predicted octanol–water partition coefficient (Wildman–Crippen LogP) is 2.40. The third-order valence-electron chi connectivity index (χ3n) is 3.96. The van der Waals surface area contributed by atoms with Crippen LogP contribution in [0, 0.1) is 0 Å². The first kappa shape index (κ1) is 14.1. The van der Waals surface area contributed by atoms with Gasteiger partial charge in [0.25, 0.3) is 0 Å². The molecule has 23 heavy (non-hydrogen) atoms. The van der Waals surface area contributed by atoms with Crippen molar-refractivity contribution in [2.75, 3.05) is 36.0 Å². The number of hydrogen-bond acceptors (Lipinski definition) is 6. The van der Waals surface area contributed by atoms with Crippen LogP contribution in [0.15, 0.2) is 42.9 Å². The van der Waals surface area contributed by atoms with Gasteiger partial charge in [-0.25, -0.2) is 15.0 Å². The fraction of sp³-hybridized carbons (Fsp3) is 0.250. The number of pyridine rings is 2. The summed E-state index contributed by atoms with van der Waals surface area (Å²) in [6.07, 6.45) is 5.31. The maximum absolute atomic E-state index is 6.16. The quantitative estimate of drug-likeness (QED) is 0.674. The van der Waals surface area contributed by atoms with E-state index in [1.54, 1.807) is 24.7 Å². The summed E-state index contributed by atoms with van der Waals surface area (Å²) in [6.45, 7) is 3.38. The minimum absolute atomic E-state index is 0.472. The van der Waals surface area contributed by atoms with E-state index in [0.29, 0.717) is 5.15 Å². The summed E-state index contributed by atoms with van der Waals surface area (Å²) in [7, 11) is 0. The fourth-order valence-corrected chi connectivity index (χ4v) is 3.03. The number of piperazine rings is 1. The molecule has 0 aromatic carbocycles. The Morgan fingerprint density at radius 3 is 2.35 bits per heavy atom. The molecule has 0 radical (unpaired) electrons. The maximum atomic E-state index is 6.16. The van der Waals surface area contributed by atoms with Crippen LogP contribution in [0.25, 0.3) is 10.9 Å². The minimum Gasteiger partial charge on any atom is -0.352 e. The molecule has 7 heteroatoms. The SMILES string of the molecule is Clc1cc2ncccc2c(N2CCN(c3ncccn3)CC2)n1. The molecule has 0 N–H and O–H groups in total. The molecule has 0 atom stereocenters. The van der Waals surface area contributed by atoms with Gasteiger partial charge in [-0.2, -0.15) is 0 Å². The molecular weight excluding hydrogens is 312 g/mol. The lowest BCUT2D eigenvalue weighted by Gasteiger charge is -2.35. The number of aromatic nitrogens is 4. The number of anilines is 2. The van der Waals surface area contributed by atoms with Gasteiger partial charge < -0.3 is 9.80 Å². The number of fused-ring (bicyclic) bond motifs is 1. The summed E-state index contributed by atoms with van der Waals surface area (Å²) in [5.41, 5.74) is 0.872. The van der Waals surface area contributed by atoms with Crippen molar-refractivity contribution in [3.8, 4) is 0 Å². The molecule has 6 nitrogen and oxygen atoms in total. The van der Waals surface area contributed by atoms with Gasteiger partial charge in [-0.05, 0) is 18.2 Å². The van der Waals surface area contributed by atoms with Gasteiger partial charge in [0, 0.05) is 56.2 Å². The highest BCUT2D eigenvalue weighted by Gasteiger charge is 2.21. The molecule has 3 aromatic heterocycles. The molecule has 4 heterocycles. The first-order valence-corrected chi connectivity index (χ1v) is 7.87. The van der Waals surface area contributed by atoms with E-state index in [1.165, 1.54) is 0 Å². The molecule has 1 aliphatic rings. The third kappa shape index (κ3) is 2.77. The minimum atomic E-state index is 0.472. The van der Waals surface area contributed by atoms with E-state index in [1.807, 2.05) is 18.2 Å². The van der Waals surface area contributed by atoms with Crippen LogP contribution in [0.5, 0.6) is 0 Å². The second-order valence-corrected chi connectivity index (χ2v) is 5.75. The van der Waals surface area contributed by atoms with Crippen LogP contribution >= 0.6 is 11.6 Å². The van der Waals surface area contributed by atoms with Crippen LogP contribution < -0.4 is 9.80 Å². The number of nitrogens with zero attached hydrogens (tertiary/aromatic N) is 6. The van der Waals surface area contributed by atoms with E-state index in [4.69, 9.17) is 11.6 Å². The van der Waals surface area contributed by atoms with Crippen LogP contribution in [0.1, 0.15) is 0 Å². The van der Waals surface area contributed by atoms with Crippen LogP contribution in [0.2, 0.25) is 5.15 Å². The molecule has 3 aromatic rings. The summed E-state index contributed by atoms with van der Waals surface area (Å²) < 4.78 is 0.